The molecule has 0 bridgehead atoms. The minimum atomic E-state index is -1.28. The molecule has 0 spiro atoms. The highest BCUT2D eigenvalue weighted by Gasteiger charge is 2.20. The Balaban J connectivity index is 2.28. The average molecular weight is 441 g/mol. The van der Waals surface area contributed by atoms with Crippen LogP contribution in [-0.4, -0.2) is 68.9 Å². The SMILES string of the molecule is Cc1oc(=O)oc1COC(=O)C(N)COC(=O)CCCC(CON(O)O)ON(O)O. The summed E-state index contributed by atoms with van der Waals surface area (Å²) in [6.07, 6.45) is -1.04. The highest BCUT2D eigenvalue weighted by atomic mass is 17.1. The van der Waals surface area contributed by atoms with Gasteiger partial charge in [-0.25, -0.2) is 14.5 Å². The van der Waals surface area contributed by atoms with Crippen LogP contribution < -0.4 is 11.6 Å². The van der Waals surface area contributed by atoms with Crippen LogP contribution in [0.5, 0.6) is 0 Å². The minimum Gasteiger partial charge on any atom is -0.463 e. The van der Waals surface area contributed by atoms with Crippen molar-refractivity contribution >= 4 is 11.9 Å². The molecule has 0 aliphatic carbocycles. The van der Waals surface area contributed by atoms with Gasteiger partial charge in [0.25, 0.3) is 0 Å². The molecule has 0 aromatic carbocycles. The van der Waals surface area contributed by atoms with Crippen molar-refractivity contribution in [1.29, 1.82) is 0 Å². The van der Waals surface area contributed by atoms with E-state index >= 15 is 0 Å². The predicted octanol–water partition coefficient (Wildman–Crippen LogP) is -0.982. The Kier molecular flexibility index (Phi) is 11.1. The van der Waals surface area contributed by atoms with Crippen molar-refractivity contribution in [1.82, 2.24) is 10.8 Å². The van der Waals surface area contributed by atoms with E-state index in [4.69, 9.17) is 36.0 Å². The van der Waals surface area contributed by atoms with Gasteiger partial charge in [0.2, 0.25) is 0 Å². The van der Waals surface area contributed by atoms with Crippen molar-refractivity contribution < 1.29 is 58.4 Å². The van der Waals surface area contributed by atoms with E-state index < -0.39 is 53.9 Å². The molecule has 16 nitrogen and oxygen atoms in total. The summed E-state index contributed by atoms with van der Waals surface area (Å²) in [7, 11) is 0. The molecule has 0 radical (unpaired) electrons. The lowest BCUT2D eigenvalue weighted by molar-refractivity contribution is -0.527. The second-order valence-electron chi connectivity index (χ2n) is 5.75. The number of carbonyl (C=O) groups is 2. The van der Waals surface area contributed by atoms with Gasteiger partial charge in [-0.05, 0) is 19.8 Å². The van der Waals surface area contributed by atoms with Gasteiger partial charge in [-0.15, -0.1) is 0 Å². The molecule has 2 atom stereocenters. The lowest BCUT2D eigenvalue weighted by Gasteiger charge is -2.18. The molecule has 1 rings (SSSR count). The fourth-order valence-electron chi connectivity index (χ4n) is 2.00. The summed E-state index contributed by atoms with van der Waals surface area (Å²) in [5.41, 5.74) is 5.56. The third-order valence-corrected chi connectivity index (χ3v) is 3.43. The number of hydrogen-bond donors (Lipinski definition) is 5. The summed E-state index contributed by atoms with van der Waals surface area (Å²) < 4.78 is 18.9. The van der Waals surface area contributed by atoms with Gasteiger partial charge in [-0.1, -0.05) is 0 Å². The number of hydrogen-bond acceptors (Lipinski definition) is 16. The Bertz CT molecular complexity index is 716. The zero-order chi connectivity index (χ0) is 22.7. The molecule has 6 N–H and O–H groups in total. The second kappa shape index (κ2) is 13.0. The van der Waals surface area contributed by atoms with E-state index in [9.17, 15) is 14.4 Å². The standard InChI is InChI=1S/C14H23N3O13/c1-8-11(29-14(20)28-8)7-26-13(19)10(15)6-25-12(18)4-2-3-9(30-17(23)24)5-27-16(21)22/h9-10,21-24H,2-7,15H2,1H3. The number of nitrogens with zero attached hydrogens (tertiary/aromatic N) is 2. The van der Waals surface area contributed by atoms with E-state index in [0.29, 0.717) is 0 Å². The lowest BCUT2D eigenvalue weighted by atomic mass is 10.1. The van der Waals surface area contributed by atoms with Crippen LogP contribution in [0.1, 0.15) is 30.8 Å². The maximum absolute atomic E-state index is 11.8. The molecule has 0 saturated carbocycles. The highest BCUT2D eigenvalue weighted by Crippen LogP contribution is 2.09. The van der Waals surface area contributed by atoms with Gasteiger partial charge in [-0.3, -0.25) is 30.4 Å². The van der Waals surface area contributed by atoms with Crippen molar-refractivity contribution in [2.75, 3.05) is 13.2 Å². The molecular weight excluding hydrogens is 418 g/mol. The van der Waals surface area contributed by atoms with Gasteiger partial charge in [0.05, 0.1) is 10.8 Å². The first-order valence-corrected chi connectivity index (χ1v) is 8.41. The number of esters is 2. The molecule has 0 fully saturated rings. The smallest absolute Gasteiger partial charge is 0.463 e. The number of rotatable bonds is 14. The molecular formula is C14H23N3O13. The quantitative estimate of drug-likeness (QED) is 0.172. The Morgan fingerprint density at radius 3 is 2.37 bits per heavy atom. The highest BCUT2D eigenvalue weighted by molar-refractivity contribution is 5.76. The molecule has 16 heteroatoms. The maximum atomic E-state index is 11.8. The third-order valence-electron chi connectivity index (χ3n) is 3.43. The summed E-state index contributed by atoms with van der Waals surface area (Å²) in [4.78, 5) is 43.1. The summed E-state index contributed by atoms with van der Waals surface area (Å²) in [5.74, 6) is -2.39. The molecule has 0 amide bonds. The number of aryl methyl sites for hydroxylation is 1. The normalized spacial score (nSPS) is 13.5. The second-order valence-corrected chi connectivity index (χ2v) is 5.75. The summed E-state index contributed by atoms with van der Waals surface area (Å²) in [6.45, 7) is 0.111. The topological polar surface area (TPSA) is 228 Å². The van der Waals surface area contributed by atoms with Crippen LogP contribution in [0.3, 0.4) is 0 Å². The first-order valence-electron chi connectivity index (χ1n) is 8.41. The number of carbonyl (C=O) groups excluding carboxylic acids is 2. The van der Waals surface area contributed by atoms with E-state index in [1.807, 2.05) is 0 Å². The molecule has 0 aliphatic rings. The van der Waals surface area contributed by atoms with Gasteiger partial charge >= 0.3 is 17.8 Å². The van der Waals surface area contributed by atoms with Crippen molar-refractivity contribution in [3.63, 3.8) is 0 Å². The maximum Gasteiger partial charge on any atom is 0.519 e. The molecule has 30 heavy (non-hydrogen) atoms. The van der Waals surface area contributed by atoms with Gasteiger partial charge < -0.3 is 24.0 Å². The van der Waals surface area contributed by atoms with Crippen LogP contribution in [-0.2, 0) is 35.3 Å². The van der Waals surface area contributed by atoms with E-state index in [-0.39, 0.29) is 37.4 Å². The molecule has 1 aromatic rings. The van der Waals surface area contributed by atoms with E-state index in [0.717, 1.165) is 0 Å². The van der Waals surface area contributed by atoms with Gasteiger partial charge in [0, 0.05) is 6.42 Å². The van der Waals surface area contributed by atoms with Crippen LogP contribution in [0.25, 0.3) is 0 Å². The molecule has 0 saturated heterocycles. The van der Waals surface area contributed by atoms with Crippen molar-refractivity contribution in [3.8, 4) is 0 Å². The van der Waals surface area contributed by atoms with Crippen molar-refractivity contribution in [2.24, 2.45) is 5.73 Å². The zero-order valence-corrected chi connectivity index (χ0v) is 15.8. The fraction of sp³-hybridized carbons (Fsp3) is 0.643. The molecule has 0 aliphatic heterocycles. The minimum absolute atomic E-state index is 0.0214. The van der Waals surface area contributed by atoms with Crippen LogP contribution in [0, 0.1) is 6.92 Å². The fourth-order valence-corrected chi connectivity index (χ4v) is 2.00. The average Bonchev–Trinajstić information content (AvgIpc) is 2.98. The van der Waals surface area contributed by atoms with Crippen molar-refractivity contribution in [3.05, 3.63) is 22.1 Å². The lowest BCUT2D eigenvalue weighted by Crippen LogP contribution is -2.37. The van der Waals surface area contributed by atoms with Crippen LogP contribution in [0.15, 0.2) is 13.6 Å². The summed E-state index contributed by atoms with van der Waals surface area (Å²) >= 11 is 0. The molecule has 1 aromatic heterocycles. The molecule has 172 valence electrons. The molecule has 1 heterocycles. The van der Waals surface area contributed by atoms with Gasteiger partial charge in [0.1, 0.15) is 25.4 Å². The van der Waals surface area contributed by atoms with E-state index in [1.54, 1.807) is 0 Å². The number of ether oxygens (including phenoxy) is 2. The zero-order valence-electron chi connectivity index (χ0n) is 15.8. The third kappa shape index (κ3) is 10.4. The van der Waals surface area contributed by atoms with Gasteiger partial charge in [0.15, 0.2) is 18.1 Å². The molecule has 2 unspecified atom stereocenters. The largest absolute Gasteiger partial charge is 0.519 e. The van der Waals surface area contributed by atoms with Crippen LogP contribution in [0.2, 0.25) is 0 Å². The monoisotopic (exact) mass is 441 g/mol. The first-order chi connectivity index (χ1) is 14.1. The summed E-state index contributed by atoms with van der Waals surface area (Å²) in [5, 5.41) is 33.0. The Labute approximate surface area is 168 Å². The summed E-state index contributed by atoms with van der Waals surface area (Å²) in [6, 6.07) is -1.28. The Morgan fingerprint density at radius 1 is 1.10 bits per heavy atom. The Hall–Kier alpha value is -2.41. The first kappa shape index (κ1) is 25.6. The van der Waals surface area contributed by atoms with Crippen molar-refractivity contribution in [2.45, 2.75) is 44.9 Å². The van der Waals surface area contributed by atoms with Gasteiger partial charge in [-0.2, -0.15) is 0 Å². The predicted molar refractivity (Wildman–Crippen MR) is 86.2 cm³/mol. The van der Waals surface area contributed by atoms with Crippen LogP contribution >= 0.6 is 0 Å². The van der Waals surface area contributed by atoms with E-state index in [2.05, 4.69) is 18.5 Å². The Morgan fingerprint density at radius 2 is 1.80 bits per heavy atom. The van der Waals surface area contributed by atoms with E-state index in [1.165, 1.54) is 6.92 Å². The van der Waals surface area contributed by atoms with Crippen LogP contribution in [0.4, 0.5) is 0 Å². The number of nitrogens with two attached hydrogens (primary N) is 1.